The van der Waals surface area contributed by atoms with Crippen molar-refractivity contribution >= 4 is 107 Å². The maximum Gasteiger partial charge on any atom is 0.327 e. The normalized spacial score (nSPS) is 16.1. The number of aromatic nitrogens is 1. The smallest absolute Gasteiger partial charge is 0.327 e. The molecule has 1 aliphatic rings. The minimum atomic E-state index is -1.72. The molecule has 1 aromatic heterocycles. The topological polar surface area (TPSA) is 421 Å². The van der Waals surface area contributed by atoms with Crippen LogP contribution in [0, 0.1) is 5.92 Å². The van der Waals surface area contributed by atoms with Gasteiger partial charge in [0.15, 0.2) is 0 Å². The van der Waals surface area contributed by atoms with E-state index in [1.165, 1.54) is 0 Å². The predicted molar refractivity (Wildman–Crippen MR) is 295 cm³/mol. The molecular weight excluding hydrogens is 1080 g/mol. The van der Waals surface area contributed by atoms with E-state index in [2.05, 4.69) is 67.5 Å². The molecule has 15 N–H and O–H groups in total. The number of hydrogen-bond donors (Lipinski definition) is 15. The Bertz CT molecular complexity index is 2710. The van der Waals surface area contributed by atoms with E-state index in [9.17, 15) is 72.9 Å². The van der Waals surface area contributed by atoms with Crippen molar-refractivity contribution < 1.29 is 72.9 Å². The number of carbonyl (C=O) groups excluding carboxylic acids is 9. The molecule has 1 aliphatic heterocycles. The third-order valence-corrected chi connectivity index (χ3v) is 13.8. The Labute approximate surface area is 471 Å². The number of aliphatic carboxylic acids is 3. The number of nitrogens with two attached hydrogens (primary N) is 2. The molecule has 9 amide bonds. The summed E-state index contributed by atoms with van der Waals surface area (Å²) in [5, 5.41) is 47.2. The van der Waals surface area contributed by atoms with Crippen LogP contribution in [0.25, 0.3) is 10.9 Å². The van der Waals surface area contributed by atoms with Crippen molar-refractivity contribution in [2.24, 2.45) is 17.4 Å². The number of rotatable bonds is 33. The van der Waals surface area contributed by atoms with Crippen molar-refractivity contribution in [1.82, 2.24) is 47.1 Å². The Hall–Kier alpha value is -7.72. The minimum Gasteiger partial charge on any atom is -0.481 e. The molecule has 0 saturated carbocycles. The van der Waals surface area contributed by atoms with Crippen molar-refractivity contribution in [2.75, 3.05) is 18.1 Å². The molecule has 0 bridgehead atoms. The number of benzene rings is 2. The van der Waals surface area contributed by atoms with Crippen LogP contribution >= 0.6 is 25.3 Å². The summed E-state index contributed by atoms with van der Waals surface area (Å²) in [4.78, 5) is 163. The number of thiol groups is 2. The summed E-state index contributed by atoms with van der Waals surface area (Å²) in [5.41, 5.74) is 12.9. The van der Waals surface area contributed by atoms with Gasteiger partial charge < -0.3 is 73.9 Å². The molecule has 1 fully saturated rings. The van der Waals surface area contributed by atoms with Crippen molar-refractivity contribution in [2.45, 2.75) is 139 Å². The molecule has 80 heavy (non-hydrogen) atoms. The van der Waals surface area contributed by atoms with Crippen LogP contribution in [0.4, 0.5) is 0 Å². The number of nitrogens with one attached hydrogen (secondary N) is 8. The second-order valence-corrected chi connectivity index (χ2v) is 20.4. The fraction of sp³-hybridized carbons (Fsp3) is 0.500. The number of nitrogens with zero attached hydrogens (tertiary/aromatic N) is 1. The van der Waals surface area contributed by atoms with Gasteiger partial charge >= 0.3 is 17.9 Å². The van der Waals surface area contributed by atoms with Gasteiger partial charge in [-0.25, -0.2) is 4.79 Å². The summed E-state index contributed by atoms with van der Waals surface area (Å²) >= 11 is 8.01. The first kappa shape index (κ1) is 64.8. The van der Waals surface area contributed by atoms with Crippen LogP contribution in [-0.4, -0.2) is 169 Å². The molecule has 2 heterocycles. The van der Waals surface area contributed by atoms with Crippen molar-refractivity contribution in [3.8, 4) is 0 Å². The van der Waals surface area contributed by atoms with E-state index in [-0.39, 0.29) is 62.5 Å². The van der Waals surface area contributed by atoms with Gasteiger partial charge in [0, 0.05) is 67.3 Å². The Morgan fingerprint density at radius 2 is 1.11 bits per heavy atom. The molecule has 2 aromatic carbocycles. The van der Waals surface area contributed by atoms with Crippen molar-refractivity contribution in [3.63, 3.8) is 0 Å². The minimum absolute atomic E-state index is 0.0321. The fourth-order valence-corrected chi connectivity index (χ4v) is 9.20. The second-order valence-electron chi connectivity index (χ2n) is 19.7. The first-order valence-corrected chi connectivity index (χ1v) is 27.1. The number of amides is 9. The van der Waals surface area contributed by atoms with E-state index >= 15 is 0 Å². The van der Waals surface area contributed by atoms with E-state index < -0.39 is 158 Å². The van der Waals surface area contributed by atoms with Crippen molar-refractivity contribution in [3.05, 3.63) is 71.9 Å². The molecule has 0 spiro atoms. The predicted octanol–water partition coefficient (Wildman–Crippen LogP) is -1.35. The van der Waals surface area contributed by atoms with Gasteiger partial charge in [0.25, 0.3) is 0 Å². The average molecular weight is 1150 g/mol. The van der Waals surface area contributed by atoms with Crippen LogP contribution in [0.15, 0.2) is 60.8 Å². The summed E-state index contributed by atoms with van der Waals surface area (Å²) in [6.45, 7) is 3.49. The van der Waals surface area contributed by atoms with Gasteiger partial charge in [0.1, 0.15) is 48.3 Å². The zero-order valence-corrected chi connectivity index (χ0v) is 46.0. The van der Waals surface area contributed by atoms with Crippen molar-refractivity contribution in [1.29, 1.82) is 0 Å². The van der Waals surface area contributed by atoms with E-state index in [4.69, 9.17) is 11.5 Å². The van der Waals surface area contributed by atoms with Crippen LogP contribution in [-0.2, 0) is 70.4 Å². The molecule has 3 aromatic rings. The molecule has 0 radical (unpaired) electrons. The zero-order valence-electron chi connectivity index (χ0n) is 44.2. The lowest BCUT2D eigenvalue weighted by atomic mass is 9.99. The Balaban J connectivity index is 1.64. The lowest BCUT2D eigenvalue weighted by Gasteiger charge is -2.31. The monoisotopic (exact) mass is 1150 g/mol. The third-order valence-electron chi connectivity index (χ3n) is 13.0. The number of carboxylic acids is 3. The summed E-state index contributed by atoms with van der Waals surface area (Å²) < 4.78 is 0. The highest BCUT2D eigenvalue weighted by Gasteiger charge is 2.41. The highest BCUT2D eigenvalue weighted by atomic mass is 32.1. The van der Waals surface area contributed by atoms with E-state index in [0.29, 0.717) is 22.0 Å². The third kappa shape index (κ3) is 20.2. The number of fused-ring (bicyclic) bond motifs is 1. The number of H-pyrrole nitrogens is 1. The Kier molecular flexibility index (Phi) is 25.7. The van der Waals surface area contributed by atoms with Crippen LogP contribution < -0.4 is 48.7 Å². The Morgan fingerprint density at radius 3 is 1.69 bits per heavy atom. The number of carbonyl (C=O) groups is 12. The largest absolute Gasteiger partial charge is 0.481 e. The number of aromatic amines is 1. The van der Waals surface area contributed by atoms with E-state index in [1.54, 1.807) is 74.6 Å². The average Bonchev–Trinajstić information content (AvgIpc) is 4.08. The Morgan fingerprint density at radius 1 is 0.613 bits per heavy atom. The first-order valence-electron chi connectivity index (χ1n) is 25.9. The van der Waals surface area contributed by atoms with Gasteiger partial charge in [-0.1, -0.05) is 62.4 Å². The lowest BCUT2D eigenvalue weighted by Crippen LogP contribution is -2.60. The lowest BCUT2D eigenvalue weighted by molar-refractivity contribution is -0.144. The maximum atomic E-state index is 14.7. The van der Waals surface area contributed by atoms with Gasteiger partial charge in [-0.05, 0) is 61.6 Å². The molecule has 0 aliphatic carbocycles. The zero-order chi connectivity index (χ0) is 59.2. The molecule has 9 atom stereocenters. The van der Waals surface area contributed by atoms with E-state index in [1.807, 2.05) is 0 Å². The summed E-state index contributed by atoms with van der Waals surface area (Å²) in [7, 11) is 0. The van der Waals surface area contributed by atoms with Gasteiger partial charge in [-0.15, -0.1) is 0 Å². The number of para-hydroxylation sites is 1. The number of hydrogen-bond acceptors (Lipinski definition) is 15. The quantitative estimate of drug-likeness (QED) is 0.0314. The second kappa shape index (κ2) is 31.8. The van der Waals surface area contributed by atoms with E-state index in [0.717, 1.165) is 4.90 Å². The van der Waals surface area contributed by atoms with Gasteiger partial charge in [-0.3, -0.25) is 52.7 Å². The molecule has 436 valence electrons. The van der Waals surface area contributed by atoms with Crippen LogP contribution in [0.2, 0.25) is 0 Å². The highest BCUT2D eigenvalue weighted by Crippen LogP contribution is 2.23. The number of likely N-dealkylation sites (tertiary alicyclic amines) is 1. The molecule has 0 unspecified atom stereocenters. The number of primary amides is 1. The SMILES string of the molecule is CC(C)C[C@H](NC(=O)[C@H](Cc1c[nH]c2ccccc12)NC(=O)[C@@H]1CCCN1C(=O)[C@H](CCC(=O)O)NC(=O)[C@H](CCC(=O)O)NC(=O)[C@H](CCC(N)=O)NC(=O)[C@@H](N)CS)C(=O)N[C@@H](Cc1ccccc1)C(=O)N[C@@H](CS)C(=O)O. The highest BCUT2D eigenvalue weighted by molar-refractivity contribution is 7.80. The molecule has 26 nitrogen and oxygen atoms in total. The molecule has 4 rings (SSSR count). The summed E-state index contributed by atoms with van der Waals surface area (Å²) in [5.74, 6) is -12.9. The number of carboxylic acid groups (broad SMARTS) is 3. The fourth-order valence-electron chi connectivity index (χ4n) is 8.79. The standard InChI is InChI=1S/C52H71N11O15S2/c1-27(2)21-36(47(72)60-37(22-28-9-4-3-5-10-28)48(73)62-39(26-80)52(77)78)59-49(74)38(23-29-24-55-32-12-7-6-11-30(29)32)61-50(75)40-13-8-20-63(40)51(76)35(16-19-43(67)68)58-46(71)34(15-18-42(65)66)57-45(70)33(14-17-41(54)64)56-44(69)31(53)25-79/h3-7,9-12,24,27,31,33-40,55,79-80H,8,13-23,25-26,53H2,1-2H3,(H2,54,64)(H,56,69)(H,57,70)(H,58,71)(H,59,74)(H,60,72)(H,61,75)(H,62,73)(H,65,66)(H,67,68)(H,77,78)/t31-,33-,34-,35-,36-,37-,38-,39-,40-/m0/s1. The maximum absolute atomic E-state index is 14.7. The van der Waals surface area contributed by atoms with Gasteiger partial charge in [-0.2, -0.15) is 25.3 Å². The van der Waals surface area contributed by atoms with Crippen LogP contribution in [0.5, 0.6) is 0 Å². The van der Waals surface area contributed by atoms with Gasteiger partial charge in [0.05, 0.1) is 6.04 Å². The molecular formula is C52H71N11O15S2. The van der Waals surface area contributed by atoms with Crippen LogP contribution in [0.3, 0.4) is 0 Å². The summed E-state index contributed by atoms with van der Waals surface area (Å²) in [6, 6.07) is 2.84. The van der Waals surface area contributed by atoms with Crippen LogP contribution in [0.1, 0.15) is 82.8 Å². The van der Waals surface area contributed by atoms with Gasteiger partial charge in [0.2, 0.25) is 53.2 Å². The molecule has 28 heteroatoms. The summed E-state index contributed by atoms with van der Waals surface area (Å²) in [6.07, 6.45) is -1.55. The molecule has 1 saturated heterocycles. The first-order chi connectivity index (χ1) is 37.9.